The van der Waals surface area contributed by atoms with Crippen LogP contribution in [0.3, 0.4) is 0 Å². The predicted octanol–water partition coefficient (Wildman–Crippen LogP) is 15.4. The number of fused-ring (bicyclic) bond motifs is 12. The molecule has 11 aromatic rings. The summed E-state index contributed by atoms with van der Waals surface area (Å²) in [6.45, 7) is 0. The number of anilines is 3. The Labute approximate surface area is 361 Å². The molecule has 1 heterocycles. The first kappa shape index (κ1) is 29.3. The van der Waals surface area contributed by atoms with Gasteiger partial charge in [0.05, 0.1) is 34.7 Å². The normalized spacial score (nSPS) is 14.2. The van der Waals surface area contributed by atoms with Crippen LogP contribution in [-0.4, -0.2) is 4.57 Å². The molecule has 10 aromatic carbocycles. The molecule has 0 atom stereocenters. The van der Waals surface area contributed by atoms with Crippen LogP contribution in [0.1, 0.15) is 29.1 Å². The first-order valence-electron chi connectivity index (χ1n) is 23.3. The van der Waals surface area contributed by atoms with Gasteiger partial charge in [-0.05, 0) is 97.9 Å². The average Bonchev–Trinajstić information content (AvgIpc) is 3.85. The van der Waals surface area contributed by atoms with Gasteiger partial charge in [-0.25, -0.2) is 0 Å². The minimum atomic E-state index is -1.05. The van der Waals surface area contributed by atoms with Crippen molar-refractivity contribution in [2.45, 2.75) is 5.41 Å². The fraction of sp³-hybridized carbons (Fsp3) is 0.0169. The molecule has 0 aliphatic heterocycles. The van der Waals surface area contributed by atoms with Gasteiger partial charge in [0.1, 0.15) is 0 Å². The summed E-state index contributed by atoms with van der Waals surface area (Å²) in [7, 11) is 0. The Morgan fingerprint density at radius 1 is 0.393 bits per heavy atom. The highest BCUT2D eigenvalue weighted by molar-refractivity contribution is 6.14. The summed E-state index contributed by atoms with van der Waals surface area (Å²) in [5.41, 5.74) is 12.4. The molecular formula is C59H38N2. The third-order valence-electron chi connectivity index (χ3n) is 13.0. The maximum atomic E-state index is 10.6. The number of aromatic nitrogens is 1. The van der Waals surface area contributed by atoms with Crippen LogP contribution in [0.2, 0.25) is 0 Å². The lowest BCUT2D eigenvalue weighted by Crippen LogP contribution is -2.32. The van der Waals surface area contributed by atoms with E-state index >= 15 is 0 Å². The van der Waals surface area contributed by atoms with E-state index in [0.717, 1.165) is 83.4 Å². The SMILES string of the molecule is [2H]c1c([2H])c2c3c(c([2H])c([2H])c(N(c4ccc5c6ccccc6n(-c6ccccc6)c5c4)c4ccccc4-c4ccccc4)c3c1[2H])C1(c3ccccc3-c3ccccc31)c1ccccc1-2. The molecule has 61 heavy (non-hydrogen) atoms. The molecule has 1 aromatic heterocycles. The molecule has 2 nitrogen and oxygen atoms in total. The second-order valence-electron chi connectivity index (χ2n) is 16.0. The Kier molecular flexibility index (Phi) is 6.26. The van der Waals surface area contributed by atoms with E-state index in [4.69, 9.17) is 0 Å². The Balaban J connectivity index is 1.22. The van der Waals surface area contributed by atoms with Gasteiger partial charge in [0.2, 0.25) is 0 Å². The molecule has 284 valence electrons. The second kappa shape index (κ2) is 13.0. The van der Waals surface area contributed by atoms with Gasteiger partial charge in [0, 0.05) is 33.1 Å². The minimum Gasteiger partial charge on any atom is -0.309 e. The summed E-state index contributed by atoms with van der Waals surface area (Å²) >= 11 is 0. The number of hydrogen-bond donors (Lipinski definition) is 0. The lowest BCUT2D eigenvalue weighted by molar-refractivity contribution is 0.773. The highest BCUT2D eigenvalue weighted by Crippen LogP contribution is 2.62. The molecule has 13 rings (SSSR count). The van der Waals surface area contributed by atoms with Crippen LogP contribution in [0.5, 0.6) is 0 Å². The molecule has 0 N–H and O–H groups in total. The summed E-state index contributed by atoms with van der Waals surface area (Å²) in [5.74, 6) is 0. The van der Waals surface area contributed by atoms with Crippen molar-refractivity contribution in [2.75, 3.05) is 4.90 Å². The van der Waals surface area contributed by atoms with Crippen LogP contribution in [0.15, 0.2) is 230 Å². The minimum absolute atomic E-state index is 0.0120. The van der Waals surface area contributed by atoms with Crippen molar-refractivity contribution >= 4 is 49.6 Å². The molecule has 2 heteroatoms. The summed E-state index contributed by atoms with van der Waals surface area (Å²) in [6, 6.07) is 67.6. The summed E-state index contributed by atoms with van der Waals surface area (Å²) in [5, 5.41) is 3.09. The lowest BCUT2D eigenvalue weighted by atomic mass is 9.61. The van der Waals surface area contributed by atoms with Crippen molar-refractivity contribution < 1.29 is 6.85 Å². The zero-order valence-electron chi connectivity index (χ0n) is 37.9. The zero-order valence-corrected chi connectivity index (χ0v) is 32.9. The van der Waals surface area contributed by atoms with Crippen molar-refractivity contribution in [1.29, 1.82) is 0 Å². The van der Waals surface area contributed by atoms with Crippen molar-refractivity contribution in [3.05, 3.63) is 253 Å². The van der Waals surface area contributed by atoms with Crippen molar-refractivity contribution in [2.24, 2.45) is 0 Å². The maximum absolute atomic E-state index is 10.6. The van der Waals surface area contributed by atoms with E-state index in [-0.39, 0.29) is 30.2 Å². The highest BCUT2D eigenvalue weighted by atomic mass is 15.1. The molecule has 0 unspecified atom stereocenters. The van der Waals surface area contributed by atoms with Gasteiger partial charge in [0.25, 0.3) is 0 Å². The Hall–Kier alpha value is -7.94. The van der Waals surface area contributed by atoms with Crippen LogP contribution >= 0.6 is 0 Å². The van der Waals surface area contributed by atoms with Crippen molar-refractivity contribution in [3.8, 4) is 39.1 Å². The smallest absolute Gasteiger partial charge is 0.0725 e. The van der Waals surface area contributed by atoms with E-state index in [1.54, 1.807) is 0 Å². The second-order valence-corrected chi connectivity index (χ2v) is 16.0. The number of nitrogens with zero attached hydrogens (tertiary/aromatic N) is 2. The van der Waals surface area contributed by atoms with Crippen LogP contribution in [0.4, 0.5) is 17.1 Å². The molecule has 2 aliphatic carbocycles. The van der Waals surface area contributed by atoms with Crippen LogP contribution < -0.4 is 4.90 Å². The van der Waals surface area contributed by atoms with E-state index in [9.17, 15) is 6.85 Å². The molecule has 0 bridgehead atoms. The third-order valence-corrected chi connectivity index (χ3v) is 13.0. The molecule has 0 fully saturated rings. The van der Waals surface area contributed by atoms with E-state index in [1.165, 1.54) is 0 Å². The van der Waals surface area contributed by atoms with Crippen LogP contribution in [0.25, 0.3) is 71.6 Å². The summed E-state index contributed by atoms with van der Waals surface area (Å²) in [6.07, 6.45) is 0. The third kappa shape index (κ3) is 4.67. The number of benzene rings is 10. The van der Waals surface area contributed by atoms with Gasteiger partial charge in [-0.3, -0.25) is 0 Å². The summed E-state index contributed by atoms with van der Waals surface area (Å²) in [4.78, 5) is 2.04. The fourth-order valence-electron chi connectivity index (χ4n) is 10.6. The predicted molar refractivity (Wildman–Crippen MR) is 255 cm³/mol. The monoisotopic (exact) mass is 779 g/mol. The Morgan fingerprint density at radius 3 is 1.69 bits per heavy atom. The first-order chi connectivity index (χ1) is 32.4. The summed E-state index contributed by atoms with van der Waals surface area (Å²) < 4.78 is 52.7. The van der Waals surface area contributed by atoms with E-state index < -0.39 is 5.41 Å². The Morgan fingerprint density at radius 2 is 0.967 bits per heavy atom. The number of hydrogen-bond acceptors (Lipinski definition) is 1. The topological polar surface area (TPSA) is 8.17 Å². The van der Waals surface area contributed by atoms with Gasteiger partial charge < -0.3 is 9.47 Å². The van der Waals surface area contributed by atoms with Gasteiger partial charge in [-0.2, -0.15) is 0 Å². The van der Waals surface area contributed by atoms with E-state index in [0.29, 0.717) is 27.6 Å². The number of para-hydroxylation sites is 3. The van der Waals surface area contributed by atoms with Crippen molar-refractivity contribution in [3.63, 3.8) is 0 Å². The standard InChI is InChI=1S/C59H38N2/c1-3-18-39(19-4-1)42-22-10-15-32-54(42)61(41-34-35-47-46-26-11-16-33-55(46)60(57(47)38-41)40-20-5-2-6-21-40)56-37-36-53-58-48(27-17-28-49(56)58)45-25-9-14-31-52(45)59(53)50-29-12-7-23-43(50)44-24-8-13-30-51(44)59/h1-38H/i17D,27D,28D,36D,37D. The Bertz CT molecular complexity index is 3790. The molecule has 0 saturated carbocycles. The fourth-order valence-corrected chi connectivity index (χ4v) is 10.6. The van der Waals surface area contributed by atoms with E-state index in [2.05, 4.69) is 108 Å². The van der Waals surface area contributed by atoms with Crippen LogP contribution in [0, 0.1) is 0 Å². The van der Waals surface area contributed by atoms with Gasteiger partial charge in [-0.1, -0.05) is 188 Å². The molecule has 0 saturated heterocycles. The van der Waals surface area contributed by atoms with Gasteiger partial charge in [0.15, 0.2) is 0 Å². The largest absolute Gasteiger partial charge is 0.309 e. The lowest BCUT2D eigenvalue weighted by Gasteiger charge is -2.41. The van der Waals surface area contributed by atoms with Crippen molar-refractivity contribution in [1.82, 2.24) is 4.57 Å². The maximum Gasteiger partial charge on any atom is 0.0725 e. The van der Waals surface area contributed by atoms with E-state index in [1.807, 2.05) is 102 Å². The number of rotatable bonds is 5. The molecule has 1 spiro atoms. The molecule has 0 amide bonds. The first-order valence-corrected chi connectivity index (χ1v) is 20.8. The van der Waals surface area contributed by atoms with Gasteiger partial charge in [-0.15, -0.1) is 0 Å². The quantitative estimate of drug-likeness (QED) is 0.169. The molecular weight excluding hydrogens is 737 g/mol. The van der Waals surface area contributed by atoms with Crippen LogP contribution in [-0.2, 0) is 5.41 Å². The molecule has 0 radical (unpaired) electrons. The van der Waals surface area contributed by atoms with Gasteiger partial charge >= 0.3 is 0 Å². The average molecular weight is 780 g/mol. The highest BCUT2D eigenvalue weighted by Gasteiger charge is 2.50. The zero-order chi connectivity index (χ0) is 44.4. The molecule has 2 aliphatic rings.